The van der Waals surface area contributed by atoms with Gasteiger partial charge in [0.25, 0.3) is 5.91 Å². The molecule has 0 aliphatic carbocycles. The second kappa shape index (κ2) is 9.43. The molecular formula is C21H22ClN3O4. The van der Waals surface area contributed by atoms with Crippen molar-refractivity contribution >= 4 is 35.2 Å². The highest BCUT2D eigenvalue weighted by Gasteiger charge is 2.24. The first-order valence-corrected chi connectivity index (χ1v) is 9.67. The summed E-state index contributed by atoms with van der Waals surface area (Å²) in [5.41, 5.74) is 7.83. The van der Waals surface area contributed by atoms with Gasteiger partial charge in [-0.05, 0) is 42.2 Å². The number of hydrogen-bond acceptors (Lipinski definition) is 4. The average molecular weight is 416 g/mol. The van der Waals surface area contributed by atoms with E-state index >= 15 is 0 Å². The standard InChI is InChI=1S/C21H22ClN3O4/c22-16-9-7-14(8-10-16)17(24-21(23)28)12-20(27)29-13-19(26)25-11-3-5-15-4-1-2-6-18(15)25/h1-2,4,6-10,17H,3,5,11-13H2,(H3,23,24,28)/t17-/m0/s1. The smallest absolute Gasteiger partial charge is 0.312 e. The molecule has 1 aliphatic rings. The third-order valence-electron chi connectivity index (χ3n) is 4.73. The molecule has 0 radical (unpaired) electrons. The number of benzene rings is 2. The number of para-hydroxylation sites is 1. The monoisotopic (exact) mass is 415 g/mol. The summed E-state index contributed by atoms with van der Waals surface area (Å²) >= 11 is 5.88. The van der Waals surface area contributed by atoms with Gasteiger partial charge in [-0.15, -0.1) is 0 Å². The van der Waals surface area contributed by atoms with E-state index in [0.717, 1.165) is 24.1 Å². The van der Waals surface area contributed by atoms with Crippen LogP contribution in [0.25, 0.3) is 0 Å². The second-order valence-corrected chi connectivity index (χ2v) is 7.19. The number of ether oxygens (including phenoxy) is 1. The van der Waals surface area contributed by atoms with Gasteiger partial charge in [-0.1, -0.05) is 41.9 Å². The summed E-state index contributed by atoms with van der Waals surface area (Å²) in [4.78, 5) is 37.8. The van der Waals surface area contributed by atoms with E-state index in [4.69, 9.17) is 22.1 Å². The fraction of sp³-hybridized carbons (Fsp3) is 0.286. The second-order valence-electron chi connectivity index (χ2n) is 6.76. The molecule has 3 rings (SSSR count). The Morgan fingerprint density at radius 1 is 1.14 bits per heavy atom. The number of esters is 1. The van der Waals surface area contributed by atoms with Crippen LogP contribution >= 0.6 is 11.6 Å². The van der Waals surface area contributed by atoms with Crippen LogP contribution in [0.15, 0.2) is 48.5 Å². The molecule has 1 atom stereocenters. The predicted octanol–water partition coefficient (Wildman–Crippen LogP) is 2.96. The lowest BCUT2D eigenvalue weighted by Crippen LogP contribution is -2.39. The number of carbonyl (C=O) groups excluding carboxylic acids is 3. The SMILES string of the molecule is NC(=O)N[C@@H](CC(=O)OCC(=O)N1CCCc2ccccc21)c1ccc(Cl)cc1. The highest BCUT2D eigenvalue weighted by atomic mass is 35.5. The normalized spacial score (nSPS) is 13.9. The first-order chi connectivity index (χ1) is 13.9. The van der Waals surface area contributed by atoms with Crippen molar-refractivity contribution in [1.82, 2.24) is 5.32 Å². The van der Waals surface area contributed by atoms with E-state index in [1.54, 1.807) is 29.2 Å². The summed E-state index contributed by atoms with van der Waals surface area (Å²) in [7, 11) is 0. The fourth-order valence-corrected chi connectivity index (χ4v) is 3.48. The Kier molecular flexibility index (Phi) is 6.72. The van der Waals surface area contributed by atoms with Gasteiger partial charge in [0.05, 0.1) is 12.5 Å². The molecule has 0 unspecified atom stereocenters. The van der Waals surface area contributed by atoms with Crippen molar-refractivity contribution in [1.29, 1.82) is 0 Å². The van der Waals surface area contributed by atoms with E-state index in [-0.39, 0.29) is 18.9 Å². The van der Waals surface area contributed by atoms with Crippen molar-refractivity contribution in [2.24, 2.45) is 5.73 Å². The Hall–Kier alpha value is -3.06. The number of nitrogens with two attached hydrogens (primary N) is 1. The molecule has 29 heavy (non-hydrogen) atoms. The van der Waals surface area contributed by atoms with Crippen LogP contribution in [0.5, 0.6) is 0 Å². The Morgan fingerprint density at radius 3 is 2.59 bits per heavy atom. The first-order valence-electron chi connectivity index (χ1n) is 9.29. The number of nitrogens with one attached hydrogen (secondary N) is 1. The van der Waals surface area contributed by atoms with Crippen molar-refractivity contribution in [3.05, 3.63) is 64.7 Å². The predicted molar refractivity (Wildman–Crippen MR) is 110 cm³/mol. The van der Waals surface area contributed by atoms with Crippen molar-refractivity contribution < 1.29 is 19.1 Å². The number of urea groups is 1. The molecule has 1 aliphatic heterocycles. The number of hydrogen-bond donors (Lipinski definition) is 2. The van der Waals surface area contributed by atoms with Crippen molar-refractivity contribution in [2.45, 2.75) is 25.3 Å². The van der Waals surface area contributed by atoms with Crippen LogP contribution in [-0.2, 0) is 20.7 Å². The first kappa shape index (κ1) is 20.7. The molecular weight excluding hydrogens is 394 g/mol. The lowest BCUT2D eigenvalue weighted by molar-refractivity contribution is -0.148. The Labute approximate surface area is 173 Å². The number of rotatable bonds is 6. The van der Waals surface area contributed by atoms with Gasteiger partial charge in [-0.3, -0.25) is 9.59 Å². The van der Waals surface area contributed by atoms with Crippen molar-refractivity contribution in [3.63, 3.8) is 0 Å². The zero-order valence-electron chi connectivity index (χ0n) is 15.8. The van der Waals surface area contributed by atoms with Crippen LogP contribution < -0.4 is 16.0 Å². The van der Waals surface area contributed by atoms with Gasteiger partial charge in [0.2, 0.25) is 0 Å². The molecule has 152 valence electrons. The van der Waals surface area contributed by atoms with E-state index in [1.165, 1.54) is 0 Å². The van der Waals surface area contributed by atoms with Crippen molar-refractivity contribution in [3.8, 4) is 0 Å². The van der Waals surface area contributed by atoms with Gasteiger partial charge in [0.1, 0.15) is 0 Å². The molecule has 1 heterocycles. The van der Waals surface area contributed by atoms with E-state index in [9.17, 15) is 14.4 Å². The highest BCUT2D eigenvalue weighted by Crippen LogP contribution is 2.27. The highest BCUT2D eigenvalue weighted by molar-refractivity contribution is 6.30. The average Bonchev–Trinajstić information content (AvgIpc) is 2.71. The van der Waals surface area contributed by atoms with E-state index in [2.05, 4.69) is 5.32 Å². The molecule has 0 bridgehead atoms. The van der Waals surface area contributed by atoms with Crippen LogP contribution in [0.4, 0.5) is 10.5 Å². The molecule has 0 spiro atoms. The third kappa shape index (κ3) is 5.48. The maximum Gasteiger partial charge on any atom is 0.312 e. The Morgan fingerprint density at radius 2 is 1.86 bits per heavy atom. The lowest BCUT2D eigenvalue weighted by Gasteiger charge is -2.29. The number of halogens is 1. The maximum atomic E-state index is 12.6. The van der Waals surface area contributed by atoms with Crippen LogP contribution in [0, 0.1) is 0 Å². The minimum absolute atomic E-state index is 0.158. The Bertz CT molecular complexity index is 901. The molecule has 0 saturated carbocycles. The molecule has 2 aromatic carbocycles. The van der Waals surface area contributed by atoms with Crippen molar-refractivity contribution in [2.75, 3.05) is 18.1 Å². The largest absolute Gasteiger partial charge is 0.455 e. The molecule has 7 nitrogen and oxygen atoms in total. The van der Waals surface area contributed by atoms with Gasteiger partial charge < -0.3 is 20.7 Å². The molecule has 3 amide bonds. The number of carbonyl (C=O) groups is 3. The van der Waals surface area contributed by atoms with Crippen LogP contribution in [0.1, 0.15) is 30.0 Å². The zero-order valence-corrected chi connectivity index (χ0v) is 16.5. The van der Waals surface area contributed by atoms with Crippen LogP contribution in [0.3, 0.4) is 0 Å². The van der Waals surface area contributed by atoms with Gasteiger partial charge in [-0.25, -0.2) is 4.79 Å². The topological polar surface area (TPSA) is 102 Å². The summed E-state index contributed by atoms with van der Waals surface area (Å²) in [5, 5.41) is 3.04. The molecule has 2 aromatic rings. The summed E-state index contributed by atoms with van der Waals surface area (Å²) in [5.74, 6) is -0.895. The minimum atomic E-state index is -0.765. The van der Waals surface area contributed by atoms with Gasteiger partial charge in [0.15, 0.2) is 6.61 Å². The van der Waals surface area contributed by atoms with E-state index in [0.29, 0.717) is 17.1 Å². The summed E-state index contributed by atoms with van der Waals surface area (Å²) in [6.07, 6.45) is 1.62. The van der Waals surface area contributed by atoms with Gasteiger partial charge in [-0.2, -0.15) is 0 Å². The number of amides is 3. The number of primary amides is 1. The number of fused-ring (bicyclic) bond motifs is 1. The molecule has 0 aromatic heterocycles. The zero-order chi connectivity index (χ0) is 20.8. The van der Waals surface area contributed by atoms with Crippen LogP contribution in [0.2, 0.25) is 5.02 Å². The number of nitrogens with zero attached hydrogens (tertiary/aromatic N) is 1. The lowest BCUT2D eigenvalue weighted by atomic mass is 10.0. The van der Waals surface area contributed by atoms with Gasteiger partial charge in [0, 0.05) is 17.3 Å². The fourth-order valence-electron chi connectivity index (χ4n) is 3.36. The summed E-state index contributed by atoms with van der Waals surface area (Å²) < 4.78 is 5.18. The molecule has 3 N–H and O–H groups in total. The number of anilines is 1. The van der Waals surface area contributed by atoms with Gasteiger partial charge >= 0.3 is 12.0 Å². The van der Waals surface area contributed by atoms with E-state index < -0.39 is 18.0 Å². The minimum Gasteiger partial charge on any atom is -0.455 e. The van der Waals surface area contributed by atoms with E-state index in [1.807, 2.05) is 24.3 Å². The number of aryl methyl sites for hydroxylation is 1. The Balaban J connectivity index is 1.60. The molecule has 0 fully saturated rings. The quantitative estimate of drug-likeness (QED) is 0.708. The molecule has 0 saturated heterocycles. The third-order valence-corrected chi connectivity index (χ3v) is 4.98. The summed E-state index contributed by atoms with van der Waals surface area (Å²) in [6.45, 7) is 0.223. The maximum absolute atomic E-state index is 12.6. The van der Waals surface area contributed by atoms with Crippen LogP contribution in [-0.4, -0.2) is 31.1 Å². The summed E-state index contributed by atoms with van der Waals surface area (Å²) in [6, 6.07) is 12.9. The molecule has 8 heteroatoms.